The van der Waals surface area contributed by atoms with Crippen molar-refractivity contribution in [1.82, 2.24) is 15.1 Å². The summed E-state index contributed by atoms with van der Waals surface area (Å²) in [6.45, 7) is 4.79. The lowest BCUT2D eigenvalue weighted by molar-refractivity contribution is -0.136. The van der Waals surface area contributed by atoms with Gasteiger partial charge in [-0.3, -0.25) is 24.6 Å². The molecule has 3 fully saturated rings. The number of fused-ring (bicyclic) bond motifs is 1. The highest BCUT2D eigenvalue weighted by molar-refractivity contribution is 6.05. The first-order valence-electron chi connectivity index (χ1n) is 10.9. The van der Waals surface area contributed by atoms with Crippen LogP contribution in [-0.2, 0) is 16.1 Å². The largest absolute Gasteiger partial charge is 0.364 e. The van der Waals surface area contributed by atoms with Crippen LogP contribution in [-0.4, -0.2) is 65.3 Å². The lowest BCUT2D eigenvalue weighted by atomic mass is 9.90. The third-order valence-corrected chi connectivity index (χ3v) is 7.19. The fourth-order valence-electron chi connectivity index (χ4n) is 5.24. The van der Waals surface area contributed by atoms with Crippen molar-refractivity contribution in [2.45, 2.75) is 63.7 Å². The summed E-state index contributed by atoms with van der Waals surface area (Å²) in [5, 5.41) is 2.28. The summed E-state index contributed by atoms with van der Waals surface area (Å²) in [7, 11) is 0. The molecule has 160 valence electrons. The third kappa shape index (κ3) is 3.09. The van der Waals surface area contributed by atoms with Crippen LogP contribution in [0.5, 0.6) is 0 Å². The fourth-order valence-corrected chi connectivity index (χ4v) is 5.24. The normalized spacial score (nSPS) is 27.9. The number of carbonyl (C=O) groups excluding carboxylic acids is 3. The maximum atomic E-state index is 15.5. The third-order valence-electron chi connectivity index (χ3n) is 7.19. The standard InChI is InChI=1S/C22H27FN4O3/c1-13-11-25(14-3-2-4-14)9-10-26(13)17-6-5-15-16(20(17)23)12-27(22(15)30)18-7-8-19(28)24-21(18)29/h5-6,13-14,18H,2-4,7-12H2,1H3,(H,24,28,29). The molecule has 3 heterocycles. The highest BCUT2D eigenvalue weighted by atomic mass is 19.1. The highest BCUT2D eigenvalue weighted by Gasteiger charge is 2.41. The molecule has 3 amide bonds. The van der Waals surface area contributed by atoms with Crippen molar-refractivity contribution in [2.75, 3.05) is 24.5 Å². The van der Waals surface area contributed by atoms with Crippen molar-refractivity contribution in [3.8, 4) is 0 Å². The predicted molar refractivity (Wildman–Crippen MR) is 108 cm³/mol. The van der Waals surface area contributed by atoms with E-state index < -0.39 is 11.9 Å². The number of piperazine rings is 1. The molecule has 1 N–H and O–H groups in total. The molecule has 0 bridgehead atoms. The second kappa shape index (κ2) is 7.34. The highest BCUT2D eigenvalue weighted by Crippen LogP contribution is 2.35. The van der Waals surface area contributed by atoms with Crippen molar-refractivity contribution in [3.63, 3.8) is 0 Å². The Morgan fingerprint density at radius 1 is 1.07 bits per heavy atom. The van der Waals surface area contributed by atoms with E-state index in [0.717, 1.165) is 19.6 Å². The Morgan fingerprint density at radius 3 is 2.53 bits per heavy atom. The van der Waals surface area contributed by atoms with Gasteiger partial charge in [0.2, 0.25) is 11.8 Å². The van der Waals surface area contributed by atoms with E-state index in [1.165, 1.54) is 24.2 Å². The van der Waals surface area contributed by atoms with E-state index >= 15 is 4.39 Å². The molecular weight excluding hydrogens is 387 g/mol. The second-order valence-corrected chi connectivity index (χ2v) is 8.95. The van der Waals surface area contributed by atoms with Gasteiger partial charge >= 0.3 is 0 Å². The number of nitrogens with one attached hydrogen (secondary N) is 1. The zero-order valence-corrected chi connectivity index (χ0v) is 17.2. The Bertz CT molecular complexity index is 916. The van der Waals surface area contributed by atoms with E-state index in [0.29, 0.717) is 22.9 Å². The molecular formula is C22H27FN4O3. The topological polar surface area (TPSA) is 73.0 Å². The monoisotopic (exact) mass is 414 g/mol. The van der Waals surface area contributed by atoms with E-state index in [1.54, 1.807) is 12.1 Å². The molecule has 2 saturated heterocycles. The average molecular weight is 414 g/mol. The minimum Gasteiger partial charge on any atom is -0.364 e. The first kappa shape index (κ1) is 19.5. The second-order valence-electron chi connectivity index (χ2n) is 8.95. The average Bonchev–Trinajstić information content (AvgIpc) is 2.99. The quantitative estimate of drug-likeness (QED) is 0.762. The molecule has 1 aromatic rings. The lowest BCUT2D eigenvalue weighted by Crippen LogP contribution is -2.56. The molecule has 2 atom stereocenters. The van der Waals surface area contributed by atoms with Crippen LogP contribution in [0.3, 0.4) is 0 Å². The first-order valence-corrected chi connectivity index (χ1v) is 10.9. The van der Waals surface area contributed by atoms with Gasteiger partial charge in [0.05, 0.1) is 12.2 Å². The Balaban J connectivity index is 1.36. The minimum absolute atomic E-state index is 0.0660. The van der Waals surface area contributed by atoms with Gasteiger partial charge in [-0.25, -0.2) is 4.39 Å². The summed E-state index contributed by atoms with van der Waals surface area (Å²) >= 11 is 0. The van der Waals surface area contributed by atoms with Gasteiger partial charge in [0.25, 0.3) is 5.91 Å². The van der Waals surface area contributed by atoms with Crippen LogP contribution in [0.25, 0.3) is 0 Å². The summed E-state index contributed by atoms with van der Waals surface area (Å²) in [4.78, 5) is 42.5. The van der Waals surface area contributed by atoms with Gasteiger partial charge < -0.3 is 9.80 Å². The smallest absolute Gasteiger partial charge is 0.255 e. The Labute approximate surface area is 175 Å². The Morgan fingerprint density at radius 2 is 1.87 bits per heavy atom. The van der Waals surface area contributed by atoms with Crippen LogP contribution in [0, 0.1) is 5.82 Å². The number of amides is 3. The number of carbonyl (C=O) groups is 3. The van der Waals surface area contributed by atoms with Gasteiger partial charge in [0.15, 0.2) is 5.82 Å². The minimum atomic E-state index is -0.726. The number of imide groups is 1. The molecule has 5 rings (SSSR count). The van der Waals surface area contributed by atoms with Crippen molar-refractivity contribution < 1.29 is 18.8 Å². The van der Waals surface area contributed by atoms with Crippen molar-refractivity contribution in [2.24, 2.45) is 0 Å². The maximum Gasteiger partial charge on any atom is 0.255 e. The molecule has 4 aliphatic rings. The van der Waals surface area contributed by atoms with Crippen LogP contribution in [0.1, 0.15) is 54.9 Å². The Hall–Kier alpha value is -2.48. The van der Waals surface area contributed by atoms with Crippen LogP contribution < -0.4 is 10.2 Å². The molecule has 1 aromatic carbocycles. The van der Waals surface area contributed by atoms with Gasteiger partial charge in [-0.05, 0) is 38.3 Å². The predicted octanol–water partition coefficient (Wildman–Crippen LogP) is 1.65. The van der Waals surface area contributed by atoms with Gasteiger partial charge in [0.1, 0.15) is 6.04 Å². The molecule has 30 heavy (non-hydrogen) atoms. The zero-order chi connectivity index (χ0) is 21.0. The SMILES string of the molecule is CC1CN(C2CCC2)CCN1c1ccc2c(c1F)CN(C1CCC(=O)NC1=O)C2=O. The number of benzene rings is 1. The molecule has 1 saturated carbocycles. The molecule has 1 aliphatic carbocycles. The van der Waals surface area contributed by atoms with Gasteiger partial charge in [0, 0.05) is 49.3 Å². The summed E-state index contributed by atoms with van der Waals surface area (Å²) in [6, 6.07) is 3.53. The molecule has 0 aromatic heterocycles. The molecule has 8 heteroatoms. The summed E-state index contributed by atoms with van der Waals surface area (Å²) in [5.41, 5.74) is 1.21. The van der Waals surface area contributed by atoms with E-state index in [1.807, 2.05) is 0 Å². The summed E-state index contributed by atoms with van der Waals surface area (Å²) in [5.74, 6) is -1.51. The number of piperidine rings is 1. The van der Waals surface area contributed by atoms with Crippen molar-refractivity contribution in [3.05, 3.63) is 29.1 Å². The molecule has 2 unspecified atom stereocenters. The van der Waals surface area contributed by atoms with Crippen LogP contribution in [0.2, 0.25) is 0 Å². The zero-order valence-electron chi connectivity index (χ0n) is 17.2. The van der Waals surface area contributed by atoms with Crippen LogP contribution in [0.15, 0.2) is 12.1 Å². The fraction of sp³-hybridized carbons (Fsp3) is 0.591. The van der Waals surface area contributed by atoms with E-state index in [-0.39, 0.29) is 43.1 Å². The number of anilines is 1. The first-order chi connectivity index (χ1) is 14.4. The molecule has 7 nitrogen and oxygen atoms in total. The van der Waals surface area contributed by atoms with E-state index in [9.17, 15) is 14.4 Å². The Kier molecular flexibility index (Phi) is 4.76. The van der Waals surface area contributed by atoms with Crippen LogP contribution >= 0.6 is 0 Å². The molecule has 0 spiro atoms. The number of halogens is 1. The number of hydrogen-bond donors (Lipinski definition) is 1. The lowest BCUT2D eigenvalue weighted by Gasteiger charge is -2.47. The van der Waals surface area contributed by atoms with E-state index in [2.05, 4.69) is 22.0 Å². The van der Waals surface area contributed by atoms with Crippen molar-refractivity contribution in [1.29, 1.82) is 0 Å². The summed E-state index contributed by atoms with van der Waals surface area (Å²) < 4.78 is 15.5. The number of nitrogens with zero attached hydrogens (tertiary/aromatic N) is 3. The molecule has 0 radical (unpaired) electrons. The molecule has 3 aliphatic heterocycles. The van der Waals surface area contributed by atoms with Gasteiger partial charge in [-0.2, -0.15) is 0 Å². The number of rotatable bonds is 3. The summed E-state index contributed by atoms with van der Waals surface area (Å²) in [6.07, 6.45) is 4.29. The van der Waals surface area contributed by atoms with Crippen LogP contribution in [0.4, 0.5) is 10.1 Å². The maximum absolute atomic E-state index is 15.5. The number of hydrogen-bond acceptors (Lipinski definition) is 5. The van der Waals surface area contributed by atoms with Crippen molar-refractivity contribution >= 4 is 23.4 Å². The van der Waals surface area contributed by atoms with Gasteiger partial charge in [-0.15, -0.1) is 0 Å². The van der Waals surface area contributed by atoms with Gasteiger partial charge in [-0.1, -0.05) is 6.42 Å². The van der Waals surface area contributed by atoms with E-state index in [4.69, 9.17) is 0 Å².